The third-order valence-electron chi connectivity index (χ3n) is 5.58. The maximum absolute atomic E-state index is 12.2. The van der Waals surface area contributed by atoms with Crippen molar-refractivity contribution >= 4 is 9.84 Å². The minimum atomic E-state index is -3.06. The van der Waals surface area contributed by atoms with Gasteiger partial charge in [-0.25, -0.2) is 8.42 Å². The van der Waals surface area contributed by atoms with Crippen LogP contribution >= 0.6 is 0 Å². The molecule has 0 aromatic rings. The Morgan fingerprint density at radius 1 is 1.20 bits per heavy atom. The molecule has 0 spiro atoms. The van der Waals surface area contributed by atoms with E-state index < -0.39 is 14.6 Å². The predicted octanol–water partition coefficient (Wildman–Crippen LogP) is 1.99. The number of sulfone groups is 1. The molecule has 0 amide bonds. The van der Waals surface area contributed by atoms with Crippen LogP contribution in [0.4, 0.5) is 0 Å². The highest BCUT2D eigenvalue weighted by Gasteiger charge is 2.43. The first-order chi connectivity index (χ1) is 9.36. The quantitative estimate of drug-likeness (QED) is 0.863. The van der Waals surface area contributed by atoms with Crippen LogP contribution in [0.15, 0.2) is 0 Å². The number of hydrogen-bond donors (Lipinski definition) is 1. The molecule has 1 heterocycles. The Labute approximate surface area is 123 Å². The topological polar surface area (TPSA) is 55.4 Å². The van der Waals surface area contributed by atoms with Gasteiger partial charge < -0.3 is 10.1 Å². The fraction of sp³-hybridized carbons (Fsp3) is 1.00. The van der Waals surface area contributed by atoms with Crippen LogP contribution in [0.5, 0.6) is 0 Å². The summed E-state index contributed by atoms with van der Waals surface area (Å²) in [4.78, 5) is 0. The standard InChI is InChI=1S/C15H29NO3S/c1-12-5-4-6-14(13(12)2)16-11-15(20(3,17)18)7-9-19-10-8-15/h12-14,16H,4-11H2,1-3H3/t12-,13+,14-/m1/s1. The van der Waals surface area contributed by atoms with Crippen molar-refractivity contribution < 1.29 is 13.2 Å². The van der Waals surface area contributed by atoms with Crippen LogP contribution in [0.2, 0.25) is 0 Å². The molecular weight excluding hydrogens is 274 g/mol. The number of ether oxygens (including phenoxy) is 1. The van der Waals surface area contributed by atoms with Gasteiger partial charge >= 0.3 is 0 Å². The van der Waals surface area contributed by atoms with Crippen molar-refractivity contribution in [2.75, 3.05) is 26.0 Å². The second-order valence-corrected chi connectivity index (χ2v) is 9.23. The Kier molecular flexibility index (Phi) is 5.14. The van der Waals surface area contributed by atoms with E-state index in [-0.39, 0.29) is 0 Å². The average Bonchev–Trinajstić information content (AvgIpc) is 2.40. The zero-order chi connectivity index (χ0) is 14.8. The molecule has 2 fully saturated rings. The zero-order valence-electron chi connectivity index (χ0n) is 13.0. The van der Waals surface area contributed by atoms with Crippen LogP contribution < -0.4 is 5.32 Å². The molecule has 0 unspecified atom stereocenters. The van der Waals surface area contributed by atoms with Gasteiger partial charge in [0.05, 0.1) is 4.75 Å². The minimum absolute atomic E-state index is 0.459. The summed E-state index contributed by atoms with van der Waals surface area (Å²) in [6.07, 6.45) is 6.34. The fourth-order valence-electron chi connectivity index (χ4n) is 3.61. The van der Waals surface area contributed by atoms with Crippen molar-refractivity contribution in [2.45, 2.75) is 56.7 Å². The largest absolute Gasteiger partial charge is 0.381 e. The third-order valence-corrected chi connectivity index (χ3v) is 7.71. The lowest BCUT2D eigenvalue weighted by molar-refractivity contribution is 0.0717. The van der Waals surface area contributed by atoms with E-state index in [0.29, 0.717) is 44.6 Å². The van der Waals surface area contributed by atoms with Gasteiger partial charge in [-0.15, -0.1) is 0 Å². The van der Waals surface area contributed by atoms with Crippen molar-refractivity contribution in [1.29, 1.82) is 0 Å². The van der Waals surface area contributed by atoms with E-state index >= 15 is 0 Å². The van der Waals surface area contributed by atoms with Crippen LogP contribution in [0, 0.1) is 11.8 Å². The lowest BCUT2D eigenvalue weighted by Crippen LogP contribution is -2.54. The van der Waals surface area contributed by atoms with Crippen molar-refractivity contribution in [3.8, 4) is 0 Å². The first kappa shape index (κ1) is 16.2. The monoisotopic (exact) mass is 303 g/mol. The third kappa shape index (κ3) is 3.37. The van der Waals surface area contributed by atoms with Gasteiger partial charge in [-0.05, 0) is 31.1 Å². The first-order valence-electron chi connectivity index (χ1n) is 7.86. The Balaban J connectivity index is 2.02. The summed E-state index contributed by atoms with van der Waals surface area (Å²) in [6, 6.07) is 0.459. The van der Waals surface area contributed by atoms with Crippen molar-refractivity contribution in [2.24, 2.45) is 11.8 Å². The maximum atomic E-state index is 12.2. The molecule has 0 aromatic carbocycles. The van der Waals surface area contributed by atoms with Crippen LogP contribution in [-0.4, -0.2) is 45.2 Å². The Morgan fingerprint density at radius 2 is 1.85 bits per heavy atom. The minimum Gasteiger partial charge on any atom is -0.381 e. The van der Waals surface area contributed by atoms with Crippen molar-refractivity contribution in [3.63, 3.8) is 0 Å². The predicted molar refractivity (Wildman–Crippen MR) is 81.6 cm³/mol. The zero-order valence-corrected chi connectivity index (χ0v) is 13.8. The Morgan fingerprint density at radius 3 is 2.45 bits per heavy atom. The second kappa shape index (κ2) is 6.32. The van der Waals surface area contributed by atoms with Crippen LogP contribution in [0.1, 0.15) is 46.0 Å². The molecular formula is C15H29NO3S. The average molecular weight is 303 g/mol. The maximum Gasteiger partial charge on any atom is 0.154 e. The molecule has 0 radical (unpaired) electrons. The summed E-state index contributed by atoms with van der Waals surface area (Å²) in [5.74, 6) is 1.35. The second-order valence-electron chi connectivity index (χ2n) is 6.82. The molecule has 1 aliphatic heterocycles. The van der Waals surface area contributed by atoms with E-state index in [2.05, 4.69) is 19.2 Å². The summed E-state index contributed by atoms with van der Waals surface area (Å²) in [5, 5.41) is 3.58. The summed E-state index contributed by atoms with van der Waals surface area (Å²) in [5.41, 5.74) is 0. The highest BCUT2D eigenvalue weighted by Crippen LogP contribution is 2.32. The molecule has 0 aromatic heterocycles. The highest BCUT2D eigenvalue weighted by molar-refractivity contribution is 7.92. The molecule has 3 atom stereocenters. The Bertz CT molecular complexity index is 415. The lowest BCUT2D eigenvalue weighted by Gasteiger charge is -2.40. The molecule has 2 aliphatic rings. The molecule has 5 heteroatoms. The first-order valence-corrected chi connectivity index (χ1v) is 9.76. The summed E-state index contributed by atoms with van der Waals surface area (Å²) in [6.45, 7) is 6.30. The molecule has 4 nitrogen and oxygen atoms in total. The molecule has 1 saturated heterocycles. The van der Waals surface area contributed by atoms with E-state index in [9.17, 15) is 8.42 Å². The molecule has 1 N–H and O–H groups in total. The summed E-state index contributed by atoms with van der Waals surface area (Å²) >= 11 is 0. The van der Waals surface area contributed by atoms with E-state index in [1.807, 2.05) is 0 Å². The highest BCUT2D eigenvalue weighted by atomic mass is 32.2. The van der Waals surface area contributed by atoms with Gasteiger partial charge in [-0.2, -0.15) is 0 Å². The van der Waals surface area contributed by atoms with Gasteiger partial charge in [-0.3, -0.25) is 0 Å². The van der Waals surface area contributed by atoms with Gasteiger partial charge in [0.2, 0.25) is 0 Å². The molecule has 2 rings (SSSR count). The fourth-order valence-corrected chi connectivity index (χ4v) is 4.86. The van der Waals surface area contributed by atoms with E-state index in [1.165, 1.54) is 25.5 Å². The summed E-state index contributed by atoms with van der Waals surface area (Å²) < 4.78 is 29.2. The molecule has 0 bridgehead atoms. The molecule has 118 valence electrons. The SMILES string of the molecule is C[C@H]1[C@H](C)CCC[C@H]1NCC1(S(C)(=O)=O)CCOCC1. The van der Waals surface area contributed by atoms with Crippen molar-refractivity contribution in [1.82, 2.24) is 5.32 Å². The van der Waals surface area contributed by atoms with Crippen LogP contribution in [0.25, 0.3) is 0 Å². The van der Waals surface area contributed by atoms with E-state index in [4.69, 9.17) is 4.74 Å². The molecule has 20 heavy (non-hydrogen) atoms. The number of hydrogen-bond acceptors (Lipinski definition) is 4. The van der Waals surface area contributed by atoms with Gasteiger partial charge in [0.25, 0.3) is 0 Å². The summed E-state index contributed by atoms with van der Waals surface area (Å²) in [7, 11) is -3.06. The van der Waals surface area contributed by atoms with Crippen LogP contribution in [0.3, 0.4) is 0 Å². The van der Waals surface area contributed by atoms with Gasteiger partial charge in [0, 0.05) is 32.1 Å². The lowest BCUT2D eigenvalue weighted by atomic mass is 9.78. The molecule has 1 saturated carbocycles. The van der Waals surface area contributed by atoms with Gasteiger partial charge in [-0.1, -0.05) is 26.7 Å². The van der Waals surface area contributed by atoms with Crippen LogP contribution in [-0.2, 0) is 14.6 Å². The smallest absolute Gasteiger partial charge is 0.154 e. The van der Waals surface area contributed by atoms with Gasteiger partial charge in [0.1, 0.15) is 0 Å². The Hall–Kier alpha value is -0.130. The normalized spacial score (nSPS) is 34.9. The molecule has 1 aliphatic carbocycles. The van der Waals surface area contributed by atoms with Crippen molar-refractivity contribution in [3.05, 3.63) is 0 Å². The van der Waals surface area contributed by atoms with Gasteiger partial charge in [0.15, 0.2) is 9.84 Å². The number of rotatable bonds is 4. The van der Waals surface area contributed by atoms with E-state index in [1.54, 1.807) is 0 Å². The number of nitrogens with one attached hydrogen (secondary N) is 1. The van der Waals surface area contributed by atoms with E-state index in [0.717, 1.165) is 5.92 Å².